The first kappa shape index (κ1) is 17.0. The number of amides is 1. The van der Waals surface area contributed by atoms with E-state index in [0.717, 1.165) is 19.6 Å². The minimum Gasteiger partial charge on any atom is -0.497 e. The molecule has 1 amide bonds. The fourth-order valence-electron chi connectivity index (χ4n) is 2.65. The van der Waals surface area contributed by atoms with E-state index in [1.54, 1.807) is 0 Å². The summed E-state index contributed by atoms with van der Waals surface area (Å²) in [5, 5.41) is 14.0. The van der Waals surface area contributed by atoms with E-state index in [-0.39, 0.29) is 17.0 Å². The lowest BCUT2D eigenvalue weighted by atomic mass is 10.1. The van der Waals surface area contributed by atoms with Crippen molar-refractivity contribution in [3.8, 4) is 11.5 Å². The number of likely N-dealkylation sites (tertiary alicyclic amines) is 1. The summed E-state index contributed by atoms with van der Waals surface area (Å²) in [4.78, 5) is 25.3. The van der Waals surface area contributed by atoms with Gasteiger partial charge in [-0.15, -0.1) is 0 Å². The first-order chi connectivity index (χ1) is 11.1. The molecular weight excluding hydrogens is 302 g/mol. The molecule has 1 aromatic rings. The zero-order chi connectivity index (χ0) is 16.8. The maximum atomic E-state index is 12.3. The summed E-state index contributed by atoms with van der Waals surface area (Å²) in [6, 6.07) is 2.74. The Labute approximate surface area is 134 Å². The second kappa shape index (κ2) is 7.77. The number of rotatable bonds is 7. The van der Waals surface area contributed by atoms with Crippen molar-refractivity contribution in [2.75, 3.05) is 40.4 Å². The maximum absolute atomic E-state index is 12.3. The zero-order valence-electron chi connectivity index (χ0n) is 13.3. The molecule has 0 radical (unpaired) electrons. The topological polar surface area (TPSA) is 93.9 Å². The fourth-order valence-corrected chi connectivity index (χ4v) is 2.65. The first-order valence-corrected chi connectivity index (χ1v) is 7.47. The Kier molecular flexibility index (Phi) is 5.75. The largest absolute Gasteiger partial charge is 0.497 e. The molecular formula is C15H21N3O5. The summed E-state index contributed by atoms with van der Waals surface area (Å²) in [5.41, 5.74) is -0.417. The molecule has 0 aliphatic carbocycles. The van der Waals surface area contributed by atoms with E-state index in [1.165, 1.54) is 39.2 Å². The molecule has 1 aliphatic heterocycles. The molecule has 0 bridgehead atoms. The van der Waals surface area contributed by atoms with Crippen LogP contribution in [0.5, 0.6) is 11.5 Å². The van der Waals surface area contributed by atoms with Crippen LogP contribution < -0.4 is 14.8 Å². The molecule has 0 saturated carbocycles. The van der Waals surface area contributed by atoms with Crippen molar-refractivity contribution in [3.63, 3.8) is 0 Å². The van der Waals surface area contributed by atoms with Gasteiger partial charge in [0, 0.05) is 25.2 Å². The van der Waals surface area contributed by atoms with E-state index >= 15 is 0 Å². The Morgan fingerprint density at radius 3 is 2.57 bits per heavy atom. The van der Waals surface area contributed by atoms with Gasteiger partial charge in [0.25, 0.3) is 5.91 Å². The molecule has 0 spiro atoms. The Bertz CT molecular complexity index is 585. The quantitative estimate of drug-likeness (QED) is 0.603. The van der Waals surface area contributed by atoms with Crippen LogP contribution in [0.15, 0.2) is 12.1 Å². The molecule has 0 unspecified atom stereocenters. The van der Waals surface area contributed by atoms with Crippen LogP contribution >= 0.6 is 0 Å². The highest BCUT2D eigenvalue weighted by Crippen LogP contribution is 2.35. The molecule has 1 heterocycles. The lowest BCUT2D eigenvalue weighted by Gasteiger charge is -2.15. The van der Waals surface area contributed by atoms with Gasteiger partial charge in [0.2, 0.25) is 5.75 Å². The average molecular weight is 323 g/mol. The highest BCUT2D eigenvalue weighted by molar-refractivity contribution is 5.99. The van der Waals surface area contributed by atoms with Crippen LogP contribution in [-0.2, 0) is 0 Å². The van der Waals surface area contributed by atoms with Gasteiger partial charge in [-0.3, -0.25) is 14.9 Å². The lowest BCUT2D eigenvalue weighted by molar-refractivity contribution is -0.386. The highest BCUT2D eigenvalue weighted by atomic mass is 16.6. The van der Waals surface area contributed by atoms with Crippen LogP contribution in [0.25, 0.3) is 0 Å². The van der Waals surface area contributed by atoms with E-state index in [9.17, 15) is 14.9 Å². The number of nitrogens with one attached hydrogen (secondary N) is 1. The molecule has 0 aromatic heterocycles. The number of nitrogens with zero attached hydrogens (tertiary/aromatic N) is 2. The molecule has 1 aliphatic rings. The normalized spacial score (nSPS) is 14.5. The smallest absolute Gasteiger partial charge is 0.323 e. The Morgan fingerprint density at radius 1 is 1.30 bits per heavy atom. The molecule has 8 heteroatoms. The number of carbonyl (C=O) groups excluding carboxylic acids is 1. The summed E-state index contributed by atoms with van der Waals surface area (Å²) < 4.78 is 10.1. The van der Waals surface area contributed by atoms with E-state index in [4.69, 9.17) is 9.47 Å². The SMILES string of the molecule is COc1cc(OC)c([N+](=O)[O-])c(C(=O)NCCN2CCCC2)c1. The van der Waals surface area contributed by atoms with E-state index in [2.05, 4.69) is 10.2 Å². The van der Waals surface area contributed by atoms with Gasteiger partial charge in [0.1, 0.15) is 11.3 Å². The van der Waals surface area contributed by atoms with E-state index in [1.807, 2.05) is 0 Å². The minimum atomic E-state index is -0.617. The summed E-state index contributed by atoms with van der Waals surface area (Å²) in [6.45, 7) is 3.24. The molecule has 1 N–H and O–H groups in total. The average Bonchev–Trinajstić information content (AvgIpc) is 3.06. The number of hydrogen-bond donors (Lipinski definition) is 1. The van der Waals surface area contributed by atoms with Crippen molar-refractivity contribution in [2.24, 2.45) is 0 Å². The van der Waals surface area contributed by atoms with Gasteiger partial charge < -0.3 is 19.7 Å². The minimum absolute atomic E-state index is 0.000886. The predicted molar refractivity (Wildman–Crippen MR) is 84.2 cm³/mol. The predicted octanol–water partition coefficient (Wildman–Crippen LogP) is 1.44. The molecule has 23 heavy (non-hydrogen) atoms. The zero-order valence-corrected chi connectivity index (χ0v) is 13.3. The Hall–Kier alpha value is -2.35. The second-order valence-electron chi connectivity index (χ2n) is 5.29. The van der Waals surface area contributed by atoms with Gasteiger partial charge in [0.05, 0.1) is 19.1 Å². The molecule has 1 fully saturated rings. The number of hydrogen-bond acceptors (Lipinski definition) is 6. The summed E-state index contributed by atoms with van der Waals surface area (Å²) >= 11 is 0. The second-order valence-corrected chi connectivity index (χ2v) is 5.29. The molecule has 1 aromatic carbocycles. The summed E-state index contributed by atoms with van der Waals surface area (Å²) in [5.74, 6) is -0.177. The van der Waals surface area contributed by atoms with Gasteiger partial charge in [0.15, 0.2) is 0 Å². The first-order valence-electron chi connectivity index (χ1n) is 7.47. The van der Waals surface area contributed by atoms with Crippen molar-refractivity contribution in [2.45, 2.75) is 12.8 Å². The molecule has 1 saturated heterocycles. The van der Waals surface area contributed by atoms with Crippen molar-refractivity contribution in [3.05, 3.63) is 27.8 Å². The third-order valence-electron chi connectivity index (χ3n) is 3.84. The van der Waals surface area contributed by atoms with E-state index in [0.29, 0.717) is 12.3 Å². The van der Waals surface area contributed by atoms with Gasteiger partial charge in [-0.05, 0) is 25.9 Å². The fraction of sp³-hybridized carbons (Fsp3) is 0.533. The summed E-state index contributed by atoms with van der Waals surface area (Å²) in [6.07, 6.45) is 2.35. The van der Waals surface area contributed by atoms with Gasteiger partial charge in [-0.1, -0.05) is 0 Å². The number of ether oxygens (including phenoxy) is 2. The van der Waals surface area contributed by atoms with Gasteiger partial charge in [-0.2, -0.15) is 0 Å². The highest BCUT2D eigenvalue weighted by Gasteiger charge is 2.27. The molecule has 126 valence electrons. The van der Waals surface area contributed by atoms with Crippen LogP contribution in [0.1, 0.15) is 23.2 Å². The van der Waals surface area contributed by atoms with Crippen molar-refractivity contribution in [1.82, 2.24) is 10.2 Å². The molecule has 2 rings (SSSR count). The number of nitro groups is 1. The number of carbonyl (C=O) groups is 1. The third kappa shape index (κ3) is 4.10. The standard InChI is InChI=1S/C15H21N3O5/c1-22-11-9-12(14(18(20)21)13(10-11)23-2)15(19)16-5-8-17-6-3-4-7-17/h9-10H,3-8H2,1-2H3,(H,16,19). The van der Waals surface area contributed by atoms with Gasteiger partial charge >= 0.3 is 5.69 Å². The van der Waals surface area contributed by atoms with Crippen LogP contribution in [0.3, 0.4) is 0 Å². The monoisotopic (exact) mass is 323 g/mol. The van der Waals surface area contributed by atoms with Crippen LogP contribution in [0.4, 0.5) is 5.69 Å². The van der Waals surface area contributed by atoms with E-state index < -0.39 is 10.8 Å². The van der Waals surface area contributed by atoms with Crippen molar-refractivity contribution >= 4 is 11.6 Å². The number of nitro benzene ring substituents is 1. The Balaban J connectivity index is 2.14. The van der Waals surface area contributed by atoms with Crippen LogP contribution in [0.2, 0.25) is 0 Å². The lowest BCUT2D eigenvalue weighted by Crippen LogP contribution is -2.33. The third-order valence-corrected chi connectivity index (χ3v) is 3.84. The van der Waals surface area contributed by atoms with Gasteiger partial charge in [-0.25, -0.2) is 0 Å². The van der Waals surface area contributed by atoms with Crippen LogP contribution in [-0.4, -0.2) is 56.1 Å². The summed E-state index contributed by atoms with van der Waals surface area (Å²) in [7, 11) is 2.74. The maximum Gasteiger partial charge on any atom is 0.323 e. The number of benzene rings is 1. The molecule has 8 nitrogen and oxygen atoms in total. The number of methoxy groups -OCH3 is 2. The molecule has 0 atom stereocenters. The Morgan fingerprint density at radius 2 is 2.00 bits per heavy atom. The van der Waals surface area contributed by atoms with Crippen molar-refractivity contribution in [1.29, 1.82) is 0 Å². The van der Waals surface area contributed by atoms with Crippen molar-refractivity contribution < 1.29 is 19.2 Å². The van der Waals surface area contributed by atoms with Crippen LogP contribution in [0, 0.1) is 10.1 Å².